The number of benzene rings is 1. The number of hydrogen-bond donors (Lipinski definition) is 0. The second-order valence-electron chi connectivity index (χ2n) is 5.68. The number of hydrogen-bond acceptors (Lipinski definition) is 6. The molecular formula is C17H17N7S. The van der Waals surface area contributed by atoms with Gasteiger partial charge in [0.1, 0.15) is 11.4 Å². The van der Waals surface area contributed by atoms with E-state index < -0.39 is 0 Å². The molecular weight excluding hydrogens is 334 g/mol. The summed E-state index contributed by atoms with van der Waals surface area (Å²) in [6.07, 6.45) is 1.51. The third-order valence-corrected chi connectivity index (χ3v) is 4.95. The molecule has 0 N–H and O–H groups in total. The van der Waals surface area contributed by atoms with Crippen LogP contribution in [0.2, 0.25) is 0 Å². The molecule has 0 unspecified atom stereocenters. The van der Waals surface area contributed by atoms with Gasteiger partial charge in [-0.1, -0.05) is 24.3 Å². The Hall–Kier alpha value is -2.74. The zero-order chi connectivity index (χ0) is 17.4. The first kappa shape index (κ1) is 15.8. The predicted octanol–water partition coefficient (Wildman–Crippen LogP) is 3.17. The normalized spacial score (nSPS) is 11.3. The SMILES string of the molecule is CCn1c(Sc2cc(C)nc3ncnn23)nnc1-c1ccccc1C. The van der Waals surface area contributed by atoms with Crippen LogP contribution < -0.4 is 0 Å². The summed E-state index contributed by atoms with van der Waals surface area (Å²) >= 11 is 1.52. The van der Waals surface area contributed by atoms with Crippen molar-refractivity contribution in [2.75, 3.05) is 0 Å². The molecule has 0 aliphatic heterocycles. The van der Waals surface area contributed by atoms with E-state index in [4.69, 9.17) is 0 Å². The quantitative estimate of drug-likeness (QED) is 0.526. The van der Waals surface area contributed by atoms with Gasteiger partial charge < -0.3 is 4.57 Å². The van der Waals surface area contributed by atoms with Crippen LogP contribution in [-0.4, -0.2) is 34.3 Å². The highest BCUT2D eigenvalue weighted by atomic mass is 32.2. The lowest BCUT2D eigenvalue weighted by atomic mass is 10.1. The van der Waals surface area contributed by atoms with Gasteiger partial charge in [0.15, 0.2) is 11.0 Å². The Bertz CT molecular complexity index is 1050. The van der Waals surface area contributed by atoms with Gasteiger partial charge in [-0.15, -0.1) is 10.2 Å². The zero-order valence-electron chi connectivity index (χ0n) is 14.2. The average Bonchev–Trinajstić information content (AvgIpc) is 3.21. The molecule has 0 fully saturated rings. The van der Waals surface area contributed by atoms with Crippen molar-refractivity contribution in [3.8, 4) is 11.4 Å². The average molecular weight is 351 g/mol. The molecule has 1 aromatic carbocycles. The lowest BCUT2D eigenvalue weighted by Crippen LogP contribution is -2.02. The molecule has 0 aliphatic rings. The van der Waals surface area contributed by atoms with Crippen molar-refractivity contribution in [1.82, 2.24) is 34.3 Å². The van der Waals surface area contributed by atoms with Gasteiger partial charge >= 0.3 is 0 Å². The summed E-state index contributed by atoms with van der Waals surface area (Å²) in [5.41, 5.74) is 3.17. The van der Waals surface area contributed by atoms with E-state index in [2.05, 4.69) is 55.8 Å². The molecule has 0 amide bonds. The van der Waals surface area contributed by atoms with Crippen LogP contribution >= 0.6 is 11.8 Å². The van der Waals surface area contributed by atoms with Gasteiger partial charge in [0, 0.05) is 17.8 Å². The number of rotatable bonds is 4. The van der Waals surface area contributed by atoms with Crippen molar-refractivity contribution in [2.24, 2.45) is 0 Å². The van der Waals surface area contributed by atoms with Crippen LogP contribution in [0.25, 0.3) is 17.2 Å². The van der Waals surface area contributed by atoms with E-state index in [0.29, 0.717) is 5.78 Å². The minimum atomic E-state index is 0.587. The molecule has 4 rings (SSSR count). The molecule has 0 aliphatic carbocycles. The molecule has 0 bridgehead atoms. The monoisotopic (exact) mass is 351 g/mol. The van der Waals surface area contributed by atoms with Crippen LogP contribution in [-0.2, 0) is 6.54 Å². The Morgan fingerprint density at radius 2 is 1.96 bits per heavy atom. The standard InChI is InChI=1S/C17H17N7S/c1-4-23-15(13-8-6-5-7-11(13)2)21-22-17(23)25-14-9-12(3)20-16-18-10-19-24(14)16/h5-10H,4H2,1-3H3. The van der Waals surface area contributed by atoms with Crippen molar-refractivity contribution in [3.63, 3.8) is 0 Å². The smallest absolute Gasteiger partial charge is 0.253 e. The van der Waals surface area contributed by atoms with Crippen LogP contribution in [0.1, 0.15) is 18.2 Å². The summed E-state index contributed by atoms with van der Waals surface area (Å²) in [4.78, 5) is 8.55. The highest BCUT2D eigenvalue weighted by Crippen LogP contribution is 2.30. The van der Waals surface area contributed by atoms with Crippen LogP contribution in [0.3, 0.4) is 0 Å². The molecule has 3 aromatic heterocycles. The molecule has 0 spiro atoms. The van der Waals surface area contributed by atoms with Gasteiger partial charge in [-0.2, -0.15) is 14.6 Å². The summed E-state index contributed by atoms with van der Waals surface area (Å²) in [5, 5.41) is 14.8. The summed E-state index contributed by atoms with van der Waals surface area (Å²) in [6, 6.07) is 10.2. The van der Waals surface area contributed by atoms with Crippen molar-refractivity contribution in [3.05, 3.63) is 47.9 Å². The van der Waals surface area contributed by atoms with Crippen LogP contribution in [0.4, 0.5) is 0 Å². The van der Waals surface area contributed by atoms with Gasteiger partial charge in [0.05, 0.1) is 0 Å². The van der Waals surface area contributed by atoms with E-state index in [1.807, 2.05) is 25.1 Å². The topological polar surface area (TPSA) is 73.8 Å². The fourth-order valence-corrected chi connectivity index (χ4v) is 3.77. The fraction of sp³-hybridized carbons (Fsp3) is 0.235. The molecule has 8 heteroatoms. The van der Waals surface area contributed by atoms with Gasteiger partial charge in [-0.05, 0) is 44.2 Å². The molecule has 3 heterocycles. The van der Waals surface area contributed by atoms with E-state index in [-0.39, 0.29) is 0 Å². The third-order valence-electron chi connectivity index (χ3n) is 3.96. The van der Waals surface area contributed by atoms with Gasteiger partial charge in [-0.25, -0.2) is 4.98 Å². The Morgan fingerprint density at radius 3 is 2.76 bits per heavy atom. The summed E-state index contributed by atoms with van der Waals surface area (Å²) in [7, 11) is 0. The maximum atomic E-state index is 4.44. The number of fused-ring (bicyclic) bond motifs is 1. The first-order valence-corrected chi connectivity index (χ1v) is 8.83. The highest BCUT2D eigenvalue weighted by Gasteiger charge is 2.17. The maximum Gasteiger partial charge on any atom is 0.253 e. The Kier molecular flexibility index (Phi) is 3.96. The van der Waals surface area contributed by atoms with Gasteiger partial charge in [0.2, 0.25) is 0 Å². The van der Waals surface area contributed by atoms with Crippen molar-refractivity contribution in [2.45, 2.75) is 37.5 Å². The molecule has 4 aromatic rings. The van der Waals surface area contributed by atoms with Gasteiger partial charge in [-0.3, -0.25) is 0 Å². The van der Waals surface area contributed by atoms with Crippen LogP contribution in [0.5, 0.6) is 0 Å². The maximum absolute atomic E-state index is 4.44. The Balaban J connectivity index is 1.79. The van der Waals surface area contributed by atoms with E-state index in [1.54, 1.807) is 4.52 Å². The second-order valence-corrected chi connectivity index (χ2v) is 6.66. The number of aryl methyl sites for hydroxylation is 2. The number of nitrogens with zero attached hydrogens (tertiary/aromatic N) is 7. The predicted molar refractivity (Wildman–Crippen MR) is 95.5 cm³/mol. The molecule has 7 nitrogen and oxygen atoms in total. The molecule has 0 saturated carbocycles. The highest BCUT2D eigenvalue weighted by molar-refractivity contribution is 7.99. The second kappa shape index (κ2) is 6.29. The summed E-state index contributed by atoms with van der Waals surface area (Å²) < 4.78 is 3.84. The fourth-order valence-electron chi connectivity index (χ4n) is 2.74. The minimum Gasteiger partial charge on any atom is -0.302 e. The van der Waals surface area contributed by atoms with Crippen molar-refractivity contribution >= 4 is 17.5 Å². The molecule has 0 saturated heterocycles. The molecule has 0 atom stereocenters. The largest absolute Gasteiger partial charge is 0.302 e. The number of aromatic nitrogens is 7. The first-order valence-electron chi connectivity index (χ1n) is 8.02. The lowest BCUT2D eigenvalue weighted by Gasteiger charge is -2.09. The van der Waals surface area contributed by atoms with Crippen molar-refractivity contribution in [1.29, 1.82) is 0 Å². The molecule has 0 radical (unpaired) electrons. The third kappa shape index (κ3) is 2.78. The van der Waals surface area contributed by atoms with Crippen LogP contribution in [0.15, 0.2) is 46.8 Å². The van der Waals surface area contributed by atoms with E-state index >= 15 is 0 Å². The van der Waals surface area contributed by atoms with Gasteiger partial charge in [0.25, 0.3) is 5.78 Å². The Labute approximate surface area is 149 Å². The Morgan fingerprint density at radius 1 is 1.12 bits per heavy atom. The summed E-state index contributed by atoms with van der Waals surface area (Å²) in [5.74, 6) is 1.47. The van der Waals surface area contributed by atoms with E-state index in [9.17, 15) is 0 Å². The minimum absolute atomic E-state index is 0.587. The van der Waals surface area contributed by atoms with E-state index in [0.717, 1.165) is 33.8 Å². The first-order chi connectivity index (χ1) is 12.2. The van der Waals surface area contributed by atoms with E-state index in [1.165, 1.54) is 23.7 Å². The van der Waals surface area contributed by atoms with Crippen molar-refractivity contribution < 1.29 is 0 Å². The molecule has 25 heavy (non-hydrogen) atoms. The lowest BCUT2D eigenvalue weighted by molar-refractivity contribution is 0.685. The molecule has 126 valence electrons. The zero-order valence-corrected chi connectivity index (χ0v) is 15.0. The van der Waals surface area contributed by atoms with Crippen LogP contribution in [0, 0.1) is 13.8 Å². The summed E-state index contributed by atoms with van der Waals surface area (Å²) in [6.45, 7) is 6.91.